The van der Waals surface area contributed by atoms with Gasteiger partial charge in [0.2, 0.25) is 0 Å². The Morgan fingerprint density at radius 2 is 2.00 bits per heavy atom. The van der Waals surface area contributed by atoms with Crippen LogP contribution in [0.4, 0.5) is 0 Å². The van der Waals surface area contributed by atoms with Gasteiger partial charge in [0.25, 0.3) is 0 Å². The average Bonchev–Trinajstić information content (AvgIpc) is 2.92. The van der Waals surface area contributed by atoms with E-state index in [1.165, 1.54) is 47.4 Å². The second-order valence-corrected chi connectivity index (χ2v) is 8.83. The number of thiophene rings is 1. The van der Waals surface area contributed by atoms with Crippen molar-refractivity contribution in [3.05, 3.63) is 20.8 Å². The summed E-state index contributed by atoms with van der Waals surface area (Å²) in [5.74, 6) is 0. The number of nitrogens with zero attached hydrogens (tertiary/aromatic N) is 1. The van der Waals surface area contributed by atoms with E-state index in [4.69, 9.17) is 0 Å². The van der Waals surface area contributed by atoms with Gasteiger partial charge in [0.1, 0.15) is 0 Å². The van der Waals surface area contributed by atoms with Crippen molar-refractivity contribution in [2.45, 2.75) is 64.5 Å². The minimum atomic E-state index is 0.257. The molecule has 2 nitrogen and oxygen atoms in total. The van der Waals surface area contributed by atoms with Crippen LogP contribution in [0.3, 0.4) is 0 Å². The number of rotatable bonds is 7. The molecular weight excluding hydrogens is 344 g/mol. The summed E-state index contributed by atoms with van der Waals surface area (Å²) >= 11 is 5.47. The highest BCUT2D eigenvalue weighted by Crippen LogP contribution is 2.31. The monoisotopic (exact) mass is 372 g/mol. The fourth-order valence-corrected chi connectivity index (χ4v) is 5.04. The highest BCUT2D eigenvalue weighted by molar-refractivity contribution is 9.11. The molecule has 0 aromatic carbocycles. The molecule has 1 aromatic rings. The number of likely N-dealkylation sites (N-methyl/N-ethyl adjacent to an activating group) is 1. The molecule has 1 aliphatic rings. The van der Waals surface area contributed by atoms with E-state index in [1.807, 2.05) is 11.3 Å². The third-order valence-corrected chi connectivity index (χ3v) is 6.68. The Morgan fingerprint density at radius 3 is 2.52 bits per heavy atom. The number of likely N-dealkylation sites (tertiary alicyclic amines) is 1. The van der Waals surface area contributed by atoms with E-state index >= 15 is 0 Å². The second-order valence-electron chi connectivity index (χ2n) is 6.28. The van der Waals surface area contributed by atoms with E-state index in [0.29, 0.717) is 6.04 Å². The van der Waals surface area contributed by atoms with Crippen molar-refractivity contribution in [3.63, 3.8) is 0 Å². The van der Waals surface area contributed by atoms with Crippen LogP contribution in [0.25, 0.3) is 0 Å². The standard InChI is InChI=1S/C17H29BrN2S/c1-4-17(3,20-11-7-6-8-12-20)15(19-5-2)13-14-9-10-16(18)21-14/h9-10,15,19H,4-8,11-13H2,1-3H3. The molecule has 21 heavy (non-hydrogen) atoms. The van der Waals surface area contributed by atoms with E-state index in [9.17, 15) is 0 Å². The molecule has 2 atom stereocenters. The maximum Gasteiger partial charge on any atom is 0.0701 e. The highest BCUT2D eigenvalue weighted by Gasteiger charge is 2.38. The summed E-state index contributed by atoms with van der Waals surface area (Å²) in [5.41, 5.74) is 0.257. The zero-order valence-electron chi connectivity index (χ0n) is 13.6. The number of piperidine rings is 1. The Morgan fingerprint density at radius 1 is 1.29 bits per heavy atom. The summed E-state index contributed by atoms with van der Waals surface area (Å²) in [6.07, 6.45) is 6.46. The van der Waals surface area contributed by atoms with Crippen LogP contribution >= 0.6 is 27.3 Å². The van der Waals surface area contributed by atoms with E-state index < -0.39 is 0 Å². The van der Waals surface area contributed by atoms with Crippen LogP contribution in [-0.2, 0) is 6.42 Å². The maximum absolute atomic E-state index is 3.78. The van der Waals surface area contributed by atoms with Gasteiger partial charge in [-0.2, -0.15) is 0 Å². The van der Waals surface area contributed by atoms with Gasteiger partial charge in [0.05, 0.1) is 3.79 Å². The average molecular weight is 373 g/mol. The second kappa shape index (κ2) is 8.09. The first-order valence-corrected chi connectivity index (χ1v) is 9.93. The van der Waals surface area contributed by atoms with Gasteiger partial charge in [0.15, 0.2) is 0 Å². The first-order valence-electron chi connectivity index (χ1n) is 8.32. The topological polar surface area (TPSA) is 15.3 Å². The summed E-state index contributed by atoms with van der Waals surface area (Å²) in [7, 11) is 0. The fraction of sp³-hybridized carbons (Fsp3) is 0.765. The quantitative estimate of drug-likeness (QED) is 0.746. The molecule has 0 amide bonds. The molecule has 2 unspecified atom stereocenters. The van der Waals surface area contributed by atoms with Crippen LogP contribution in [0.2, 0.25) is 0 Å². The molecule has 1 aliphatic heterocycles. The number of halogens is 1. The molecule has 0 saturated carbocycles. The predicted molar refractivity (Wildman–Crippen MR) is 97.3 cm³/mol. The van der Waals surface area contributed by atoms with E-state index in [0.717, 1.165) is 13.0 Å². The van der Waals surface area contributed by atoms with Crippen molar-refractivity contribution in [1.29, 1.82) is 0 Å². The van der Waals surface area contributed by atoms with Crippen molar-refractivity contribution in [2.75, 3.05) is 19.6 Å². The van der Waals surface area contributed by atoms with Crippen LogP contribution in [0.1, 0.15) is 51.3 Å². The van der Waals surface area contributed by atoms with Gasteiger partial charge >= 0.3 is 0 Å². The first-order chi connectivity index (χ1) is 10.1. The summed E-state index contributed by atoms with van der Waals surface area (Å²) in [4.78, 5) is 4.22. The smallest absolute Gasteiger partial charge is 0.0701 e. The van der Waals surface area contributed by atoms with E-state index in [2.05, 4.69) is 59.1 Å². The van der Waals surface area contributed by atoms with E-state index in [-0.39, 0.29) is 5.54 Å². The molecule has 0 radical (unpaired) electrons. The molecule has 1 saturated heterocycles. The van der Waals surface area contributed by atoms with Crippen LogP contribution < -0.4 is 5.32 Å². The Labute approximate surface area is 142 Å². The summed E-state index contributed by atoms with van der Waals surface area (Å²) in [6, 6.07) is 4.97. The molecule has 0 spiro atoms. The van der Waals surface area contributed by atoms with Gasteiger partial charge in [0, 0.05) is 16.5 Å². The number of nitrogens with one attached hydrogen (secondary N) is 1. The first kappa shape index (κ1) is 17.5. The number of hydrogen-bond donors (Lipinski definition) is 1. The summed E-state index contributed by atoms with van der Waals surface area (Å²) < 4.78 is 1.24. The minimum Gasteiger partial charge on any atom is -0.312 e. The lowest BCUT2D eigenvalue weighted by Crippen LogP contribution is -2.61. The SMILES string of the molecule is CCNC(Cc1ccc(Br)s1)C(C)(CC)N1CCCCC1. The molecule has 1 fully saturated rings. The zero-order valence-corrected chi connectivity index (χ0v) is 16.0. The lowest BCUT2D eigenvalue weighted by molar-refractivity contribution is 0.0436. The van der Waals surface area contributed by atoms with Gasteiger partial charge < -0.3 is 5.32 Å². The van der Waals surface area contributed by atoms with Crippen molar-refractivity contribution >= 4 is 27.3 Å². The van der Waals surface area contributed by atoms with Crippen LogP contribution in [0.5, 0.6) is 0 Å². The van der Waals surface area contributed by atoms with Crippen molar-refractivity contribution in [1.82, 2.24) is 10.2 Å². The third kappa shape index (κ3) is 4.31. The summed E-state index contributed by atoms with van der Waals surface area (Å²) in [5, 5.41) is 3.78. The Balaban J connectivity index is 2.15. The molecule has 2 heterocycles. The lowest BCUT2D eigenvalue weighted by Gasteiger charge is -2.48. The van der Waals surface area contributed by atoms with Crippen molar-refractivity contribution < 1.29 is 0 Å². The summed E-state index contributed by atoms with van der Waals surface area (Å²) in [6.45, 7) is 10.6. The minimum absolute atomic E-state index is 0.257. The predicted octanol–water partition coefficient (Wildman–Crippen LogP) is 4.69. The van der Waals surface area contributed by atoms with Crippen LogP contribution in [0, 0.1) is 0 Å². The van der Waals surface area contributed by atoms with Crippen LogP contribution in [0.15, 0.2) is 15.9 Å². The highest BCUT2D eigenvalue weighted by atomic mass is 79.9. The lowest BCUT2D eigenvalue weighted by atomic mass is 9.83. The third-order valence-electron chi connectivity index (χ3n) is 5.03. The van der Waals surface area contributed by atoms with Gasteiger partial charge in [-0.3, -0.25) is 4.90 Å². The molecule has 1 aromatic heterocycles. The Kier molecular flexibility index (Phi) is 6.73. The normalized spacial score (nSPS) is 21.1. The van der Waals surface area contributed by atoms with E-state index in [1.54, 1.807) is 0 Å². The van der Waals surface area contributed by atoms with Gasteiger partial charge in [-0.1, -0.05) is 20.3 Å². The van der Waals surface area contributed by atoms with Gasteiger partial charge in [-0.15, -0.1) is 11.3 Å². The molecule has 120 valence electrons. The Hall–Kier alpha value is 0.1000. The maximum atomic E-state index is 3.78. The molecule has 2 rings (SSSR count). The Bertz CT molecular complexity index is 428. The number of hydrogen-bond acceptors (Lipinski definition) is 3. The fourth-order valence-electron chi connectivity index (χ4n) is 3.52. The molecule has 4 heteroatoms. The molecule has 1 N–H and O–H groups in total. The van der Waals surface area contributed by atoms with Crippen molar-refractivity contribution in [2.24, 2.45) is 0 Å². The van der Waals surface area contributed by atoms with Crippen molar-refractivity contribution in [3.8, 4) is 0 Å². The molecule has 0 bridgehead atoms. The molecule has 0 aliphatic carbocycles. The molecular formula is C17H29BrN2S. The van der Waals surface area contributed by atoms with Gasteiger partial charge in [-0.05, 0) is 80.3 Å². The largest absolute Gasteiger partial charge is 0.312 e. The zero-order chi connectivity index (χ0) is 15.3. The van der Waals surface area contributed by atoms with Crippen LogP contribution in [-0.4, -0.2) is 36.1 Å². The van der Waals surface area contributed by atoms with Gasteiger partial charge in [-0.25, -0.2) is 0 Å².